The minimum absolute atomic E-state index is 0.577. The third kappa shape index (κ3) is 8.28. The third-order valence-electron chi connectivity index (χ3n) is 4.92. The standard InChI is InChI=1S/C23H38N6/c1-6-25-23(26-12-7-14-29(19(2)3)20(4)5)27-16-21-8-10-22(11-9-21)17-28-15-13-24-18-28/h8-11,13,15,18-20H,6-7,12,14,16-17H2,1-5H3,(H2,25,26,27). The van der Waals surface area contributed by atoms with Crippen LogP contribution in [0.4, 0.5) is 0 Å². The molecule has 0 bridgehead atoms. The highest BCUT2D eigenvalue weighted by molar-refractivity contribution is 5.79. The van der Waals surface area contributed by atoms with Crippen LogP contribution in [0.25, 0.3) is 0 Å². The molecule has 1 aromatic heterocycles. The molecule has 0 atom stereocenters. The van der Waals surface area contributed by atoms with Crippen LogP contribution in [0, 0.1) is 0 Å². The Morgan fingerprint density at radius 3 is 2.34 bits per heavy atom. The van der Waals surface area contributed by atoms with E-state index in [1.165, 1.54) is 11.1 Å². The lowest BCUT2D eigenvalue weighted by atomic mass is 10.1. The number of imidazole rings is 1. The minimum Gasteiger partial charge on any atom is -0.357 e. The van der Waals surface area contributed by atoms with Crippen molar-refractivity contribution in [2.24, 2.45) is 4.99 Å². The van der Waals surface area contributed by atoms with Crippen molar-refractivity contribution >= 4 is 5.96 Å². The van der Waals surface area contributed by atoms with Gasteiger partial charge in [0.05, 0.1) is 12.9 Å². The topological polar surface area (TPSA) is 57.5 Å². The summed E-state index contributed by atoms with van der Waals surface area (Å²) < 4.78 is 2.07. The van der Waals surface area contributed by atoms with Crippen molar-refractivity contribution in [3.63, 3.8) is 0 Å². The number of hydrogen-bond acceptors (Lipinski definition) is 3. The van der Waals surface area contributed by atoms with Gasteiger partial charge in [0.1, 0.15) is 0 Å². The van der Waals surface area contributed by atoms with Crippen molar-refractivity contribution in [3.05, 3.63) is 54.1 Å². The highest BCUT2D eigenvalue weighted by atomic mass is 15.2. The highest BCUT2D eigenvalue weighted by Gasteiger charge is 2.12. The largest absolute Gasteiger partial charge is 0.357 e. The van der Waals surface area contributed by atoms with Gasteiger partial charge in [0.25, 0.3) is 0 Å². The number of guanidine groups is 1. The molecule has 2 aromatic rings. The summed E-state index contributed by atoms with van der Waals surface area (Å²) in [4.78, 5) is 11.4. The van der Waals surface area contributed by atoms with E-state index < -0.39 is 0 Å². The number of benzene rings is 1. The molecular weight excluding hydrogens is 360 g/mol. The fourth-order valence-corrected chi connectivity index (χ4v) is 3.43. The quantitative estimate of drug-likeness (QED) is 0.346. The maximum absolute atomic E-state index is 4.74. The predicted octanol–water partition coefficient (Wildman–Crippen LogP) is 3.50. The van der Waals surface area contributed by atoms with Gasteiger partial charge < -0.3 is 15.2 Å². The molecule has 2 rings (SSSR count). The van der Waals surface area contributed by atoms with Crippen LogP contribution in [0.1, 0.15) is 52.2 Å². The normalized spacial score (nSPS) is 12.2. The van der Waals surface area contributed by atoms with Gasteiger partial charge in [-0.3, -0.25) is 4.90 Å². The molecule has 0 unspecified atom stereocenters. The molecule has 0 fully saturated rings. The molecule has 2 N–H and O–H groups in total. The number of aliphatic imine (C=N–C) groups is 1. The predicted molar refractivity (Wildman–Crippen MR) is 122 cm³/mol. The van der Waals surface area contributed by atoms with Gasteiger partial charge in [-0.25, -0.2) is 9.98 Å². The molecule has 0 saturated carbocycles. The zero-order chi connectivity index (χ0) is 21.1. The molecule has 6 heteroatoms. The second-order valence-electron chi connectivity index (χ2n) is 7.95. The van der Waals surface area contributed by atoms with Crippen molar-refractivity contribution in [2.45, 2.75) is 66.2 Å². The molecule has 0 spiro atoms. The zero-order valence-corrected chi connectivity index (χ0v) is 18.7. The first-order valence-corrected chi connectivity index (χ1v) is 10.8. The van der Waals surface area contributed by atoms with Crippen LogP contribution < -0.4 is 10.6 Å². The molecule has 1 heterocycles. The number of rotatable bonds is 11. The van der Waals surface area contributed by atoms with Crippen LogP contribution in [0.2, 0.25) is 0 Å². The van der Waals surface area contributed by atoms with Gasteiger partial charge in [-0.15, -0.1) is 0 Å². The average molecular weight is 399 g/mol. The Morgan fingerprint density at radius 1 is 1.07 bits per heavy atom. The first kappa shape index (κ1) is 22.9. The van der Waals surface area contributed by atoms with Crippen LogP contribution in [0.5, 0.6) is 0 Å². The van der Waals surface area contributed by atoms with Gasteiger partial charge in [-0.2, -0.15) is 0 Å². The molecule has 6 nitrogen and oxygen atoms in total. The SMILES string of the molecule is CCNC(=NCc1ccc(Cn2ccnc2)cc1)NCCCN(C(C)C)C(C)C. The summed E-state index contributed by atoms with van der Waals surface area (Å²) in [5.41, 5.74) is 2.47. The smallest absolute Gasteiger partial charge is 0.191 e. The van der Waals surface area contributed by atoms with Crippen molar-refractivity contribution in [1.82, 2.24) is 25.1 Å². The fourth-order valence-electron chi connectivity index (χ4n) is 3.43. The van der Waals surface area contributed by atoms with Crippen molar-refractivity contribution in [3.8, 4) is 0 Å². The Kier molecular flexibility index (Phi) is 9.71. The van der Waals surface area contributed by atoms with Crippen LogP contribution in [-0.2, 0) is 13.1 Å². The van der Waals surface area contributed by atoms with Gasteiger partial charge in [0.2, 0.25) is 0 Å². The Labute approximate surface area is 176 Å². The molecule has 0 aliphatic heterocycles. The lowest BCUT2D eigenvalue weighted by Gasteiger charge is -2.30. The molecule has 1 aromatic carbocycles. The Hall–Kier alpha value is -2.34. The fraction of sp³-hybridized carbons (Fsp3) is 0.565. The van der Waals surface area contributed by atoms with Crippen molar-refractivity contribution in [2.75, 3.05) is 19.6 Å². The van der Waals surface area contributed by atoms with Crippen LogP contribution in [0.15, 0.2) is 48.0 Å². The maximum atomic E-state index is 4.74. The lowest BCUT2D eigenvalue weighted by molar-refractivity contribution is 0.173. The summed E-state index contributed by atoms with van der Waals surface area (Å²) in [5.74, 6) is 0.885. The van der Waals surface area contributed by atoms with E-state index in [1.807, 2.05) is 18.7 Å². The highest BCUT2D eigenvalue weighted by Crippen LogP contribution is 2.08. The summed E-state index contributed by atoms with van der Waals surface area (Å²) in [7, 11) is 0. The van der Waals surface area contributed by atoms with Crippen LogP contribution >= 0.6 is 0 Å². The summed E-state index contributed by atoms with van der Waals surface area (Å²) in [6.45, 7) is 15.5. The first-order chi connectivity index (χ1) is 14.0. The molecular formula is C23H38N6. The van der Waals surface area contributed by atoms with Crippen molar-refractivity contribution in [1.29, 1.82) is 0 Å². The molecule has 0 aliphatic rings. The number of hydrogen-bond donors (Lipinski definition) is 2. The molecule has 29 heavy (non-hydrogen) atoms. The van der Waals surface area contributed by atoms with Crippen molar-refractivity contribution < 1.29 is 0 Å². The van der Waals surface area contributed by atoms with Crippen LogP contribution in [0.3, 0.4) is 0 Å². The Balaban J connectivity index is 1.81. The lowest BCUT2D eigenvalue weighted by Crippen LogP contribution is -2.41. The number of nitrogens with zero attached hydrogens (tertiary/aromatic N) is 4. The van der Waals surface area contributed by atoms with Crippen LogP contribution in [-0.4, -0.2) is 52.1 Å². The molecule has 0 amide bonds. The van der Waals surface area contributed by atoms with E-state index in [0.717, 1.165) is 38.6 Å². The maximum Gasteiger partial charge on any atom is 0.191 e. The van der Waals surface area contributed by atoms with Gasteiger partial charge in [0, 0.05) is 50.7 Å². The monoisotopic (exact) mass is 398 g/mol. The average Bonchev–Trinajstić information content (AvgIpc) is 3.19. The Bertz CT molecular complexity index is 695. The summed E-state index contributed by atoms with van der Waals surface area (Å²) in [6, 6.07) is 9.79. The van der Waals surface area contributed by atoms with E-state index in [4.69, 9.17) is 4.99 Å². The number of aromatic nitrogens is 2. The van der Waals surface area contributed by atoms with E-state index in [0.29, 0.717) is 18.6 Å². The summed E-state index contributed by atoms with van der Waals surface area (Å²) >= 11 is 0. The summed E-state index contributed by atoms with van der Waals surface area (Å²) in [6.07, 6.45) is 6.73. The van der Waals surface area contributed by atoms with E-state index in [-0.39, 0.29) is 0 Å². The Morgan fingerprint density at radius 2 is 1.76 bits per heavy atom. The van der Waals surface area contributed by atoms with E-state index in [1.54, 1.807) is 0 Å². The first-order valence-electron chi connectivity index (χ1n) is 10.8. The minimum atomic E-state index is 0.577. The van der Waals surface area contributed by atoms with Gasteiger partial charge in [-0.05, 0) is 52.2 Å². The van der Waals surface area contributed by atoms with Gasteiger partial charge >= 0.3 is 0 Å². The van der Waals surface area contributed by atoms with E-state index in [2.05, 4.69) is 84.0 Å². The van der Waals surface area contributed by atoms with E-state index >= 15 is 0 Å². The summed E-state index contributed by atoms with van der Waals surface area (Å²) in [5, 5.41) is 6.81. The molecule has 0 saturated heterocycles. The third-order valence-corrected chi connectivity index (χ3v) is 4.92. The van der Waals surface area contributed by atoms with Gasteiger partial charge in [-0.1, -0.05) is 24.3 Å². The molecule has 160 valence electrons. The van der Waals surface area contributed by atoms with Gasteiger partial charge in [0.15, 0.2) is 5.96 Å². The molecule has 0 aliphatic carbocycles. The second kappa shape index (κ2) is 12.3. The number of nitrogens with one attached hydrogen (secondary N) is 2. The molecule has 0 radical (unpaired) electrons. The zero-order valence-electron chi connectivity index (χ0n) is 18.7. The van der Waals surface area contributed by atoms with E-state index in [9.17, 15) is 0 Å². The second-order valence-corrected chi connectivity index (χ2v) is 7.95.